The van der Waals surface area contributed by atoms with Gasteiger partial charge in [0.1, 0.15) is 0 Å². The zero-order valence-electron chi connectivity index (χ0n) is 58.4. The first-order chi connectivity index (χ1) is 42.4. The fourth-order valence-corrected chi connectivity index (χ4v) is 17.2. The molecule has 0 spiro atoms. The maximum Gasteiger partial charge on any atom is 0.252 e. The van der Waals surface area contributed by atoms with Gasteiger partial charge in [0.05, 0.1) is 11.2 Å². The van der Waals surface area contributed by atoms with Crippen molar-refractivity contribution >= 4 is 85.7 Å². The van der Waals surface area contributed by atoms with Crippen LogP contribution >= 0.6 is 0 Å². The number of rotatable bonds is 11. The largest absolute Gasteiger partial charge is 0.334 e. The quantitative estimate of drug-likeness (QED) is 0.120. The van der Waals surface area contributed by atoms with Gasteiger partial charge in [-0.3, -0.25) is 0 Å². The second-order valence-corrected chi connectivity index (χ2v) is 33.5. The molecule has 0 amide bonds. The average Bonchev–Trinajstić information content (AvgIpc) is 1.03. The van der Waals surface area contributed by atoms with E-state index in [0.717, 1.165) is 49.2 Å². The van der Waals surface area contributed by atoms with Crippen molar-refractivity contribution in [3.63, 3.8) is 0 Å². The van der Waals surface area contributed by atoms with Crippen LogP contribution in [0.2, 0.25) is 0 Å². The van der Waals surface area contributed by atoms with Crippen LogP contribution in [0.1, 0.15) is 234 Å². The lowest BCUT2D eigenvalue weighted by atomic mass is 9.33. The van der Waals surface area contributed by atoms with Crippen LogP contribution in [0.5, 0.6) is 0 Å². The summed E-state index contributed by atoms with van der Waals surface area (Å²) < 4.78 is 0. The van der Waals surface area contributed by atoms with Gasteiger partial charge in [-0.15, -0.1) is 0 Å². The monoisotopic (exact) mass is 1190 g/mol. The maximum absolute atomic E-state index is 2.79. The van der Waals surface area contributed by atoms with Gasteiger partial charge in [-0.25, -0.2) is 0 Å². The molecule has 1 fully saturated rings. The molecule has 2 aliphatic carbocycles. The second-order valence-electron chi connectivity index (χ2n) is 33.5. The molecule has 466 valence electrons. The Kier molecular flexibility index (Phi) is 14.8. The molecule has 5 aliphatic rings. The van der Waals surface area contributed by atoms with Gasteiger partial charge in [0.15, 0.2) is 0 Å². The number of benzene rings is 8. The number of fused-ring (bicyclic) bond motifs is 8. The molecule has 1 saturated carbocycles. The molecule has 0 saturated heterocycles. The summed E-state index contributed by atoms with van der Waals surface area (Å²) in [4.78, 5) is 10.8. The molecule has 13 rings (SSSR count). The highest BCUT2D eigenvalue weighted by Crippen LogP contribution is 2.62. The smallest absolute Gasteiger partial charge is 0.252 e. The van der Waals surface area contributed by atoms with Gasteiger partial charge >= 0.3 is 0 Å². The molecule has 90 heavy (non-hydrogen) atoms. The van der Waals surface area contributed by atoms with Crippen molar-refractivity contribution in [1.29, 1.82) is 0 Å². The van der Waals surface area contributed by atoms with Crippen molar-refractivity contribution in [1.82, 2.24) is 0 Å². The molecule has 0 aromatic heterocycles. The molecular formula is C85H103BN4. The molecule has 0 radical (unpaired) electrons. The molecule has 8 aromatic carbocycles. The molecule has 3 aliphatic heterocycles. The number of hydrogen-bond acceptors (Lipinski definition) is 4. The van der Waals surface area contributed by atoms with Gasteiger partial charge in [0.2, 0.25) is 0 Å². The van der Waals surface area contributed by atoms with E-state index in [9.17, 15) is 0 Å². The molecular weight excluding hydrogens is 1090 g/mol. The van der Waals surface area contributed by atoms with E-state index in [1.165, 1.54) is 138 Å². The standard InChI is InChI=1S/C85H103BN4/c1-20-22-45-81(12,13)66-43-41-63(50-56(66)21-2)89-74-55-69-68(82(14,15)48-49-83(69,16)17)54-71(74)86-70-44-42-64(90-72-28-24-23-27-67(72)84(18)46-25-26-47-85(84,90)19)51-73(70)88(62-39-33-59(34-40-62)80(9,10)11)75-52-65(53-76(89)77(75)86)87(60-35-29-57(30-36-60)78(3,4)5)61-37-31-58(32-38-61)79(6,7)8/h23-24,27-44,50-55H,20-22,25-26,45-49H2,1-19H3. The number of hydrogen-bond donors (Lipinski definition) is 0. The minimum absolute atomic E-state index is 0.00220. The van der Waals surface area contributed by atoms with Crippen LogP contribution in [0.3, 0.4) is 0 Å². The van der Waals surface area contributed by atoms with Crippen LogP contribution in [0.25, 0.3) is 0 Å². The Labute approximate surface area is 543 Å². The summed E-state index contributed by atoms with van der Waals surface area (Å²) in [6.07, 6.45) is 11.6. The predicted octanol–water partition coefficient (Wildman–Crippen LogP) is 22.3. The maximum atomic E-state index is 2.79. The van der Waals surface area contributed by atoms with Crippen molar-refractivity contribution in [2.75, 3.05) is 19.6 Å². The zero-order valence-corrected chi connectivity index (χ0v) is 58.4. The minimum Gasteiger partial charge on any atom is -0.334 e. The molecule has 0 N–H and O–H groups in total. The van der Waals surface area contributed by atoms with Crippen LogP contribution in [-0.4, -0.2) is 12.3 Å². The summed E-state index contributed by atoms with van der Waals surface area (Å²) >= 11 is 0. The number of nitrogens with zero attached hydrogens (tertiary/aromatic N) is 4. The van der Waals surface area contributed by atoms with Crippen molar-refractivity contribution < 1.29 is 0 Å². The van der Waals surface area contributed by atoms with E-state index in [0.29, 0.717) is 0 Å². The molecule has 2 unspecified atom stereocenters. The third-order valence-corrected chi connectivity index (χ3v) is 23.1. The highest BCUT2D eigenvalue weighted by molar-refractivity contribution is 7.00. The summed E-state index contributed by atoms with van der Waals surface area (Å²) in [7, 11) is 0. The lowest BCUT2D eigenvalue weighted by molar-refractivity contribution is 0.195. The Morgan fingerprint density at radius 2 is 0.956 bits per heavy atom. The van der Waals surface area contributed by atoms with Gasteiger partial charge in [-0.2, -0.15) is 0 Å². The van der Waals surface area contributed by atoms with Crippen molar-refractivity contribution in [2.24, 2.45) is 0 Å². The van der Waals surface area contributed by atoms with Gasteiger partial charge in [-0.1, -0.05) is 223 Å². The second kappa shape index (κ2) is 21.6. The lowest BCUT2D eigenvalue weighted by Crippen LogP contribution is -2.62. The topological polar surface area (TPSA) is 13.0 Å². The van der Waals surface area contributed by atoms with E-state index in [-0.39, 0.29) is 50.2 Å². The summed E-state index contributed by atoms with van der Waals surface area (Å²) in [5.41, 5.74) is 28.8. The normalized spacial score (nSPS) is 19.8. The molecule has 3 heterocycles. The molecule has 8 aromatic rings. The average molecular weight is 1190 g/mol. The van der Waals surface area contributed by atoms with Gasteiger partial charge < -0.3 is 19.6 Å². The summed E-state index contributed by atoms with van der Waals surface area (Å²) in [5, 5.41) is 0. The van der Waals surface area contributed by atoms with Gasteiger partial charge in [0.25, 0.3) is 6.71 Å². The SMILES string of the molecule is CCCCC(C)(C)c1ccc(N2c3cc4c(cc3B3c5ccc(N6c7ccccc7C7(C)CCCCC67C)cc5N(c5ccc(C(C)(C)C)cc5)c5cc(N(c6ccc(C(C)(C)C)cc6)c6ccc(C(C)(C)C)cc6)cc2c53)C(C)(C)CCC4(C)C)cc1CC. The van der Waals surface area contributed by atoms with Crippen molar-refractivity contribution in [3.8, 4) is 0 Å². The highest BCUT2D eigenvalue weighted by atomic mass is 15.3. The zero-order chi connectivity index (χ0) is 64.0. The van der Waals surface area contributed by atoms with Crippen LogP contribution < -0.4 is 36.0 Å². The van der Waals surface area contributed by atoms with Crippen LogP contribution in [-0.2, 0) is 44.3 Å². The van der Waals surface area contributed by atoms with E-state index in [1.807, 2.05) is 0 Å². The van der Waals surface area contributed by atoms with Crippen LogP contribution in [0.4, 0.5) is 62.6 Å². The fraction of sp³-hybridized carbons (Fsp3) is 0.435. The van der Waals surface area contributed by atoms with E-state index in [1.54, 1.807) is 0 Å². The summed E-state index contributed by atoms with van der Waals surface area (Å²) in [5.74, 6) is 0. The van der Waals surface area contributed by atoms with E-state index in [4.69, 9.17) is 0 Å². The number of aryl methyl sites for hydroxylation is 1. The molecule has 4 nitrogen and oxygen atoms in total. The van der Waals surface area contributed by atoms with Crippen molar-refractivity contribution in [3.05, 3.63) is 202 Å². The predicted molar refractivity (Wildman–Crippen MR) is 391 cm³/mol. The van der Waals surface area contributed by atoms with Crippen LogP contribution in [0, 0.1) is 0 Å². The van der Waals surface area contributed by atoms with E-state index >= 15 is 0 Å². The number of para-hydroxylation sites is 1. The first kappa shape index (κ1) is 61.9. The van der Waals surface area contributed by atoms with Gasteiger partial charge in [-0.05, 0) is 224 Å². The van der Waals surface area contributed by atoms with Gasteiger partial charge in [0, 0.05) is 62.3 Å². The highest BCUT2D eigenvalue weighted by Gasteiger charge is 2.58. The Hall–Kier alpha value is -6.98. The minimum atomic E-state index is -0.103. The fourth-order valence-electron chi connectivity index (χ4n) is 17.2. The lowest BCUT2D eigenvalue weighted by Gasteiger charge is -2.51. The number of unbranched alkanes of at least 4 members (excludes halogenated alkanes) is 1. The Morgan fingerprint density at radius 1 is 0.444 bits per heavy atom. The molecule has 5 heteroatoms. The molecule has 2 atom stereocenters. The first-order valence-corrected chi connectivity index (χ1v) is 34.7. The Bertz CT molecular complexity index is 4010. The Morgan fingerprint density at radius 3 is 1.52 bits per heavy atom. The summed E-state index contributed by atoms with van der Waals surface area (Å²) in [6.45, 7) is 45.8. The third-order valence-electron chi connectivity index (χ3n) is 23.1. The first-order valence-electron chi connectivity index (χ1n) is 34.7. The number of anilines is 11. The van der Waals surface area contributed by atoms with Crippen LogP contribution in [0.15, 0.2) is 158 Å². The summed E-state index contributed by atoms with van der Waals surface area (Å²) in [6, 6.07) is 64.0. The van der Waals surface area contributed by atoms with E-state index in [2.05, 4.69) is 309 Å². The third kappa shape index (κ3) is 9.98. The van der Waals surface area contributed by atoms with E-state index < -0.39 is 0 Å². The Balaban J connectivity index is 1.17. The van der Waals surface area contributed by atoms with Crippen molar-refractivity contribution in [2.45, 2.75) is 239 Å². The molecule has 0 bridgehead atoms.